The number of hydrogen-bond donors (Lipinski definition) is 0. The van der Waals surface area contributed by atoms with E-state index in [2.05, 4.69) is 5.10 Å². The lowest BCUT2D eigenvalue weighted by molar-refractivity contribution is -0.134. The number of esters is 1. The third kappa shape index (κ3) is 4.03. The molecule has 0 saturated carbocycles. The van der Waals surface area contributed by atoms with Gasteiger partial charge < -0.3 is 4.74 Å². The number of halogens is 1. The lowest BCUT2D eigenvalue weighted by Crippen LogP contribution is -2.09. The van der Waals surface area contributed by atoms with Gasteiger partial charge in [-0.2, -0.15) is 5.10 Å². The van der Waals surface area contributed by atoms with Crippen LogP contribution in [0.4, 0.5) is 0 Å². The van der Waals surface area contributed by atoms with Crippen molar-refractivity contribution in [2.45, 2.75) is 12.8 Å². The van der Waals surface area contributed by atoms with Crippen LogP contribution in [0.3, 0.4) is 0 Å². The summed E-state index contributed by atoms with van der Waals surface area (Å²) in [6.45, 7) is 0. The maximum Gasteiger partial charge on any atom is 0.311 e. The van der Waals surface area contributed by atoms with Crippen molar-refractivity contribution in [2.75, 3.05) is 0 Å². The molecule has 0 bridgehead atoms. The molecule has 4 nitrogen and oxygen atoms in total. The van der Waals surface area contributed by atoms with E-state index in [9.17, 15) is 4.79 Å². The summed E-state index contributed by atoms with van der Waals surface area (Å²) in [7, 11) is 1.84. The number of nitrogens with zero attached hydrogens (tertiary/aromatic N) is 2. The molecule has 1 heterocycles. The van der Waals surface area contributed by atoms with Gasteiger partial charge in [-0.1, -0.05) is 48.0 Å². The first-order chi connectivity index (χ1) is 11.6. The van der Waals surface area contributed by atoms with Gasteiger partial charge in [0.15, 0.2) is 0 Å². The van der Waals surface area contributed by atoms with E-state index in [1.54, 1.807) is 23.0 Å². The molecule has 0 atom stereocenters. The molecule has 0 saturated heterocycles. The minimum absolute atomic E-state index is 0.280. The van der Waals surface area contributed by atoms with Gasteiger partial charge >= 0.3 is 5.97 Å². The van der Waals surface area contributed by atoms with Gasteiger partial charge in [-0.15, -0.1) is 0 Å². The maximum absolute atomic E-state index is 12.0. The molecule has 0 spiro atoms. The predicted octanol–water partition coefficient (Wildman–Crippen LogP) is 4.28. The highest BCUT2D eigenvalue weighted by atomic mass is 35.5. The van der Waals surface area contributed by atoms with Crippen molar-refractivity contribution >= 4 is 17.6 Å². The van der Waals surface area contributed by atoms with Crippen LogP contribution in [0.25, 0.3) is 11.1 Å². The summed E-state index contributed by atoms with van der Waals surface area (Å²) >= 11 is 6.25. The average molecular weight is 341 g/mol. The highest BCUT2D eigenvalue weighted by Gasteiger charge is 2.10. The van der Waals surface area contributed by atoms with E-state index in [4.69, 9.17) is 16.3 Å². The molecule has 24 heavy (non-hydrogen) atoms. The van der Waals surface area contributed by atoms with Gasteiger partial charge in [0.1, 0.15) is 5.75 Å². The number of aromatic nitrogens is 2. The minimum Gasteiger partial charge on any atom is -0.425 e. The Balaban J connectivity index is 1.63. The normalized spacial score (nSPS) is 10.6. The molecule has 0 aliphatic carbocycles. The van der Waals surface area contributed by atoms with Crippen LogP contribution in [0, 0.1) is 0 Å². The number of benzene rings is 2. The average Bonchev–Trinajstić information content (AvgIpc) is 3.01. The van der Waals surface area contributed by atoms with Crippen molar-refractivity contribution < 1.29 is 9.53 Å². The highest BCUT2D eigenvalue weighted by molar-refractivity contribution is 6.32. The lowest BCUT2D eigenvalue weighted by Gasteiger charge is -2.08. The van der Waals surface area contributed by atoms with Gasteiger partial charge in [0, 0.05) is 13.2 Å². The lowest BCUT2D eigenvalue weighted by atomic mass is 10.1. The zero-order valence-electron chi connectivity index (χ0n) is 13.3. The number of ether oxygens (including phenoxy) is 1. The predicted molar refractivity (Wildman–Crippen MR) is 94.1 cm³/mol. The van der Waals surface area contributed by atoms with E-state index in [0.717, 1.165) is 16.7 Å². The number of carbonyl (C=O) groups is 1. The Labute approximate surface area is 145 Å². The molecular formula is C19H17ClN2O2. The van der Waals surface area contributed by atoms with Crippen LogP contribution in [0.5, 0.6) is 5.75 Å². The van der Waals surface area contributed by atoms with Crippen molar-refractivity contribution in [2.24, 2.45) is 7.05 Å². The van der Waals surface area contributed by atoms with Crippen LogP contribution in [-0.2, 0) is 18.3 Å². The molecule has 0 aliphatic rings. The molecule has 3 aromatic rings. The first-order valence-electron chi connectivity index (χ1n) is 7.65. The fourth-order valence-corrected chi connectivity index (χ4v) is 2.63. The third-order valence-electron chi connectivity index (χ3n) is 3.64. The second kappa shape index (κ2) is 7.32. The van der Waals surface area contributed by atoms with E-state index < -0.39 is 0 Å². The van der Waals surface area contributed by atoms with Crippen molar-refractivity contribution in [1.82, 2.24) is 9.78 Å². The van der Waals surface area contributed by atoms with Crippen LogP contribution < -0.4 is 4.74 Å². The Morgan fingerprint density at radius 1 is 1.17 bits per heavy atom. The van der Waals surface area contributed by atoms with Crippen LogP contribution >= 0.6 is 11.6 Å². The molecule has 122 valence electrons. The number of hydrogen-bond acceptors (Lipinski definition) is 3. The molecule has 0 fully saturated rings. The molecule has 0 unspecified atom stereocenters. The first-order valence-corrected chi connectivity index (χ1v) is 8.03. The molecule has 0 aliphatic heterocycles. The summed E-state index contributed by atoms with van der Waals surface area (Å²) in [5.41, 5.74) is 3.05. The quantitative estimate of drug-likeness (QED) is 0.514. The van der Waals surface area contributed by atoms with Crippen LogP contribution in [0.15, 0.2) is 60.9 Å². The molecule has 1 aromatic heterocycles. The van der Waals surface area contributed by atoms with E-state index in [-0.39, 0.29) is 12.4 Å². The van der Waals surface area contributed by atoms with Crippen LogP contribution in [0.1, 0.15) is 12.0 Å². The van der Waals surface area contributed by atoms with Crippen LogP contribution in [0.2, 0.25) is 5.02 Å². The molecule has 5 heteroatoms. The summed E-state index contributed by atoms with van der Waals surface area (Å²) < 4.78 is 7.07. The van der Waals surface area contributed by atoms with Gasteiger partial charge in [-0.25, -0.2) is 0 Å². The summed E-state index contributed by atoms with van der Waals surface area (Å²) in [6.07, 6.45) is 4.50. The molecule has 0 N–H and O–H groups in total. The van der Waals surface area contributed by atoms with Crippen molar-refractivity contribution in [3.8, 4) is 16.9 Å². The molecule has 2 aromatic carbocycles. The topological polar surface area (TPSA) is 44.1 Å². The van der Waals surface area contributed by atoms with Gasteiger partial charge in [-0.3, -0.25) is 9.48 Å². The van der Waals surface area contributed by atoms with E-state index in [0.29, 0.717) is 17.2 Å². The second-order valence-electron chi connectivity index (χ2n) is 5.51. The van der Waals surface area contributed by atoms with E-state index in [1.807, 2.05) is 49.6 Å². The Kier molecular flexibility index (Phi) is 4.96. The summed E-state index contributed by atoms with van der Waals surface area (Å²) in [4.78, 5) is 12.0. The van der Waals surface area contributed by atoms with Crippen molar-refractivity contribution in [3.05, 3.63) is 71.5 Å². The largest absolute Gasteiger partial charge is 0.425 e. The number of carbonyl (C=O) groups excluding carboxylic acids is 1. The second-order valence-corrected chi connectivity index (χ2v) is 5.91. The molecule has 0 radical (unpaired) electrons. The van der Waals surface area contributed by atoms with E-state index >= 15 is 0 Å². The summed E-state index contributed by atoms with van der Waals surface area (Å²) in [6, 6.07) is 15.3. The Bertz CT molecular complexity index is 844. The molecule has 3 rings (SSSR count). The summed E-state index contributed by atoms with van der Waals surface area (Å²) in [5.74, 6) is 0.0701. The van der Waals surface area contributed by atoms with Crippen molar-refractivity contribution in [1.29, 1.82) is 0 Å². The first kappa shape index (κ1) is 16.3. The number of rotatable bonds is 5. The SMILES string of the molecule is Cn1cc(CCC(=O)Oc2ccc(-c3ccccc3)cc2Cl)cn1. The van der Waals surface area contributed by atoms with Crippen molar-refractivity contribution in [3.63, 3.8) is 0 Å². The smallest absolute Gasteiger partial charge is 0.311 e. The Morgan fingerprint density at radius 2 is 1.96 bits per heavy atom. The molecule has 0 amide bonds. The monoisotopic (exact) mass is 340 g/mol. The van der Waals surface area contributed by atoms with Gasteiger partial charge in [0.05, 0.1) is 17.6 Å². The van der Waals surface area contributed by atoms with E-state index in [1.165, 1.54) is 0 Å². The summed E-state index contributed by atoms with van der Waals surface area (Å²) in [5, 5.41) is 4.50. The third-order valence-corrected chi connectivity index (χ3v) is 3.93. The van der Waals surface area contributed by atoms with Crippen LogP contribution in [-0.4, -0.2) is 15.7 Å². The van der Waals surface area contributed by atoms with Gasteiger partial charge in [0.25, 0.3) is 0 Å². The fourth-order valence-electron chi connectivity index (χ4n) is 2.41. The zero-order valence-corrected chi connectivity index (χ0v) is 14.0. The zero-order chi connectivity index (χ0) is 16.9. The Hall–Kier alpha value is -2.59. The minimum atomic E-state index is -0.312. The standard InChI is InChI=1S/C19H17ClN2O2/c1-22-13-14(12-21-22)7-10-19(23)24-18-9-8-16(11-17(18)20)15-5-3-2-4-6-15/h2-6,8-9,11-13H,7,10H2,1H3. The Morgan fingerprint density at radius 3 is 2.62 bits per heavy atom. The van der Waals surface area contributed by atoms with Gasteiger partial charge in [0.2, 0.25) is 0 Å². The maximum atomic E-state index is 12.0. The van der Waals surface area contributed by atoms with Gasteiger partial charge in [-0.05, 0) is 35.2 Å². The highest BCUT2D eigenvalue weighted by Crippen LogP contribution is 2.30. The fraction of sp³-hybridized carbons (Fsp3) is 0.158. The number of aryl methyl sites for hydroxylation is 2. The molecular weight excluding hydrogens is 324 g/mol.